The fourth-order valence-electron chi connectivity index (χ4n) is 3.48. The fraction of sp³-hybridized carbons (Fsp3) is 0.409. The van der Waals surface area contributed by atoms with Gasteiger partial charge >= 0.3 is 0 Å². The second kappa shape index (κ2) is 12.1. The molecule has 0 aliphatic carbocycles. The molecule has 2 aromatic rings. The quantitative estimate of drug-likeness (QED) is 0.236. The van der Waals surface area contributed by atoms with Crippen molar-refractivity contribution in [1.82, 2.24) is 10.6 Å². The van der Waals surface area contributed by atoms with E-state index in [1.165, 1.54) is 11.9 Å². The number of hydrogen-bond acceptors (Lipinski definition) is 5. The number of para-hydroxylation sites is 1. The predicted molar refractivity (Wildman–Crippen MR) is 137 cm³/mol. The molecule has 9 heteroatoms. The number of anilines is 1. The van der Waals surface area contributed by atoms with E-state index in [2.05, 4.69) is 44.8 Å². The van der Waals surface area contributed by atoms with Gasteiger partial charge in [0.15, 0.2) is 15.8 Å². The fourth-order valence-corrected chi connectivity index (χ4v) is 4.11. The molecule has 0 bridgehead atoms. The van der Waals surface area contributed by atoms with Crippen LogP contribution >= 0.6 is 24.0 Å². The Kier molecular flexibility index (Phi) is 9.89. The normalized spacial score (nSPS) is 16.9. The number of benzene rings is 2. The Morgan fingerprint density at radius 1 is 1.16 bits per heavy atom. The highest BCUT2D eigenvalue weighted by Gasteiger charge is 2.20. The number of piperidine rings is 1. The van der Waals surface area contributed by atoms with Crippen LogP contribution in [0.25, 0.3) is 0 Å². The highest BCUT2D eigenvalue weighted by atomic mass is 127. The highest BCUT2D eigenvalue weighted by Crippen LogP contribution is 2.19. The van der Waals surface area contributed by atoms with Crippen molar-refractivity contribution in [2.45, 2.75) is 23.8 Å². The van der Waals surface area contributed by atoms with E-state index in [1.807, 2.05) is 6.07 Å². The van der Waals surface area contributed by atoms with Crippen molar-refractivity contribution in [2.75, 3.05) is 44.4 Å². The Bertz CT molecular complexity index is 937. The van der Waals surface area contributed by atoms with Gasteiger partial charge in [-0.3, -0.25) is 4.99 Å². The number of guanidine groups is 1. The molecule has 1 heterocycles. The number of hydrogen-bond donors (Lipinski definition) is 2. The molecule has 1 saturated heterocycles. The molecule has 7 nitrogen and oxygen atoms in total. The average molecular weight is 558 g/mol. The molecule has 0 saturated carbocycles. The summed E-state index contributed by atoms with van der Waals surface area (Å²) in [6.07, 6.45) is 3.43. The van der Waals surface area contributed by atoms with Gasteiger partial charge < -0.3 is 20.3 Å². The summed E-state index contributed by atoms with van der Waals surface area (Å²) in [4.78, 5) is 7.00. The highest BCUT2D eigenvalue weighted by molar-refractivity contribution is 14.0. The first-order valence-corrected chi connectivity index (χ1v) is 12.0. The number of ether oxygens (including phenoxy) is 1. The number of sulfone groups is 1. The molecule has 1 atom stereocenters. The number of rotatable bonds is 7. The average Bonchev–Trinajstić information content (AvgIpc) is 2.76. The van der Waals surface area contributed by atoms with Crippen LogP contribution < -0.4 is 20.3 Å². The summed E-state index contributed by atoms with van der Waals surface area (Å²) in [6, 6.07) is 17.3. The zero-order valence-electron chi connectivity index (χ0n) is 18.0. The van der Waals surface area contributed by atoms with Crippen LogP contribution in [-0.2, 0) is 9.84 Å². The minimum absolute atomic E-state index is 0. The molecule has 0 spiro atoms. The summed E-state index contributed by atoms with van der Waals surface area (Å²) in [5.74, 6) is 1.39. The van der Waals surface area contributed by atoms with Gasteiger partial charge in [0.2, 0.25) is 0 Å². The maximum absolute atomic E-state index is 11.5. The van der Waals surface area contributed by atoms with Gasteiger partial charge in [0.25, 0.3) is 0 Å². The van der Waals surface area contributed by atoms with Crippen LogP contribution in [-0.4, -0.2) is 60.0 Å². The minimum atomic E-state index is -3.19. The van der Waals surface area contributed by atoms with Crippen LogP contribution in [0.1, 0.15) is 12.8 Å². The number of aliphatic imine (C=N–C) groups is 1. The van der Waals surface area contributed by atoms with E-state index < -0.39 is 9.84 Å². The van der Waals surface area contributed by atoms with Crippen LogP contribution in [0.3, 0.4) is 0 Å². The van der Waals surface area contributed by atoms with Gasteiger partial charge in [-0.15, -0.1) is 24.0 Å². The molecule has 0 aromatic heterocycles. The summed E-state index contributed by atoms with van der Waals surface area (Å²) in [5, 5.41) is 6.78. The molecule has 2 N–H and O–H groups in total. The van der Waals surface area contributed by atoms with Gasteiger partial charge in [-0.1, -0.05) is 18.2 Å². The molecule has 0 amide bonds. The van der Waals surface area contributed by atoms with E-state index in [9.17, 15) is 8.42 Å². The van der Waals surface area contributed by atoms with Crippen molar-refractivity contribution in [1.29, 1.82) is 0 Å². The smallest absolute Gasteiger partial charge is 0.191 e. The van der Waals surface area contributed by atoms with Gasteiger partial charge in [-0.05, 0) is 49.2 Å². The third-order valence-corrected chi connectivity index (χ3v) is 6.15. The molecule has 1 aliphatic rings. The standard InChI is InChI=1S/C22H30N4O3S.HI/c1-23-22(24-14-16-29-20-10-12-21(13-11-20)30(2,27)28)25-18-7-6-15-26(17-18)19-8-4-3-5-9-19;/h3-5,8-13,18H,6-7,14-17H2,1-2H3,(H2,23,24,25);1H. The van der Waals surface area contributed by atoms with Gasteiger partial charge in [0.1, 0.15) is 12.4 Å². The third kappa shape index (κ3) is 7.88. The van der Waals surface area contributed by atoms with E-state index in [0.717, 1.165) is 31.9 Å². The molecular formula is C22H31IN4O3S. The Balaban J connectivity index is 0.00000341. The minimum Gasteiger partial charge on any atom is -0.492 e. The number of nitrogens with zero attached hydrogens (tertiary/aromatic N) is 2. The Hall–Kier alpha value is -2.01. The molecule has 170 valence electrons. The van der Waals surface area contributed by atoms with Gasteiger partial charge in [0.05, 0.1) is 11.4 Å². The van der Waals surface area contributed by atoms with Gasteiger partial charge in [0, 0.05) is 38.1 Å². The summed E-state index contributed by atoms with van der Waals surface area (Å²) in [7, 11) is -1.43. The largest absolute Gasteiger partial charge is 0.492 e. The van der Waals surface area contributed by atoms with Crippen molar-refractivity contribution in [3.63, 3.8) is 0 Å². The zero-order valence-corrected chi connectivity index (χ0v) is 21.1. The van der Waals surface area contributed by atoms with E-state index in [4.69, 9.17) is 4.74 Å². The van der Waals surface area contributed by atoms with Crippen LogP contribution in [0.2, 0.25) is 0 Å². The maximum atomic E-state index is 11.5. The van der Waals surface area contributed by atoms with E-state index in [1.54, 1.807) is 31.3 Å². The Morgan fingerprint density at radius 2 is 1.87 bits per heavy atom. The van der Waals surface area contributed by atoms with Crippen molar-refractivity contribution < 1.29 is 13.2 Å². The first kappa shape index (κ1) is 25.3. The lowest BCUT2D eigenvalue weighted by molar-refractivity contribution is 0.321. The maximum Gasteiger partial charge on any atom is 0.191 e. The zero-order chi connectivity index (χ0) is 21.4. The Labute approximate surface area is 202 Å². The third-order valence-electron chi connectivity index (χ3n) is 5.02. The van der Waals surface area contributed by atoms with Crippen molar-refractivity contribution in [3.05, 3.63) is 54.6 Å². The van der Waals surface area contributed by atoms with Crippen molar-refractivity contribution in [2.24, 2.45) is 4.99 Å². The van der Waals surface area contributed by atoms with Crippen LogP contribution in [0.5, 0.6) is 5.75 Å². The van der Waals surface area contributed by atoms with E-state index in [-0.39, 0.29) is 28.9 Å². The van der Waals surface area contributed by atoms with E-state index in [0.29, 0.717) is 24.9 Å². The second-order valence-corrected chi connectivity index (χ2v) is 9.37. The molecule has 1 fully saturated rings. The summed E-state index contributed by atoms with van der Waals surface area (Å²) >= 11 is 0. The topological polar surface area (TPSA) is 83.0 Å². The lowest BCUT2D eigenvalue weighted by Gasteiger charge is -2.35. The van der Waals surface area contributed by atoms with Crippen LogP contribution in [0, 0.1) is 0 Å². The number of nitrogens with one attached hydrogen (secondary N) is 2. The summed E-state index contributed by atoms with van der Waals surface area (Å²) < 4.78 is 28.7. The first-order valence-electron chi connectivity index (χ1n) is 10.2. The van der Waals surface area contributed by atoms with Gasteiger partial charge in [-0.2, -0.15) is 0 Å². The van der Waals surface area contributed by atoms with Gasteiger partial charge in [-0.25, -0.2) is 8.42 Å². The summed E-state index contributed by atoms with van der Waals surface area (Å²) in [6.45, 7) is 3.04. The lowest BCUT2D eigenvalue weighted by atomic mass is 10.1. The van der Waals surface area contributed by atoms with E-state index >= 15 is 0 Å². The first-order chi connectivity index (χ1) is 14.5. The molecular weight excluding hydrogens is 527 g/mol. The second-order valence-electron chi connectivity index (χ2n) is 7.36. The molecule has 3 rings (SSSR count). The summed E-state index contributed by atoms with van der Waals surface area (Å²) in [5.41, 5.74) is 1.25. The van der Waals surface area contributed by atoms with Crippen molar-refractivity contribution in [3.8, 4) is 5.75 Å². The monoisotopic (exact) mass is 558 g/mol. The van der Waals surface area contributed by atoms with Crippen molar-refractivity contribution >= 4 is 45.5 Å². The SMILES string of the molecule is CN=C(NCCOc1ccc(S(C)(=O)=O)cc1)NC1CCCN(c2ccccc2)C1.I. The molecule has 31 heavy (non-hydrogen) atoms. The predicted octanol–water partition coefficient (Wildman–Crippen LogP) is 2.92. The van der Waals surface area contributed by atoms with Crippen LogP contribution in [0.4, 0.5) is 5.69 Å². The lowest BCUT2D eigenvalue weighted by Crippen LogP contribution is -2.51. The van der Waals surface area contributed by atoms with Crippen LogP contribution in [0.15, 0.2) is 64.5 Å². The molecule has 1 aliphatic heterocycles. The molecule has 1 unspecified atom stereocenters. The Morgan fingerprint density at radius 3 is 2.52 bits per heavy atom. The number of halogens is 1. The molecule has 0 radical (unpaired) electrons. The molecule has 2 aromatic carbocycles.